The number of benzene rings is 3. The summed E-state index contributed by atoms with van der Waals surface area (Å²) in [5.74, 6) is -0.418. The highest BCUT2D eigenvalue weighted by Gasteiger charge is 2.36. The lowest BCUT2D eigenvalue weighted by atomic mass is 10.0. The Balaban J connectivity index is 1.58. The van der Waals surface area contributed by atoms with E-state index in [-0.39, 0.29) is 24.2 Å². The molecule has 29 heavy (non-hydrogen) atoms. The van der Waals surface area contributed by atoms with Crippen LogP contribution in [0.15, 0.2) is 60.7 Å². The Labute approximate surface area is 171 Å². The van der Waals surface area contributed by atoms with Crippen LogP contribution in [-0.4, -0.2) is 18.4 Å². The zero-order chi connectivity index (χ0) is 20.4. The molecular formula is C25H26N2O2. The number of rotatable bonds is 5. The first-order valence-corrected chi connectivity index (χ1v) is 10.3. The fourth-order valence-electron chi connectivity index (χ4n) is 4.23. The number of nitrogens with zero attached hydrogens (tertiary/aromatic N) is 1. The van der Waals surface area contributed by atoms with Gasteiger partial charge in [-0.05, 0) is 35.4 Å². The zero-order valence-electron chi connectivity index (χ0n) is 16.9. The number of nitrogens with one attached hydrogen (secondary N) is 1. The maximum absolute atomic E-state index is 13.0. The summed E-state index contributed by atoms with van der Waals surface area (Å²) in [7, 11) is 0. The van der Waals surface area contributed by atoms with Crippen molar-refractivity contribution >= 4 is 34.0 Å². The van der Waals surface area contributed by atoms with Gasteiger partial charge in [-0.25, -0.2) is 0 Å². The standard InChI is InChI=1S/C25H26N2O2/c1-3-17-10-7-11-18(4-2)24(17)27-16-20(15-23(27)28)25(29)26-22-14-8-12-19-9-5-6-13-21(19)22/h5-14,20H,3-4,15-16H2,1-2H3,(H,26,29)/t20-/m0/s1. The third-order valence-electron chi connectivity index (χ3n) is 5.78. The molecule has 4 heteroatoms. The number of hydrogen-bond donors (Lipinski definition) is 1. The minimum absolute atomic E-state index is 0.0265. The Morgan fingerprint density at radius 3 is 2.34 bits per heavy atom. The van der Waals surface area contributed by atoms with Crippen molar-refractivity contribution in [1.29, 1.82) is 0 Å². The molecule has 0 aromatic heterocycles. The molecule has 1 fully saturated rings. The van der Waals surface area contributed by atoms with Crippen LogP contribution in [0.1, 0.15) is 31.4 Å². The van der Waals surface area contributed by atoms with Gasteiger partial charge in [0.05, 0.1) is 5.92 Å². The van der Waals surface area contributed by atoms with Crippen LogP contribution in [0.25, 0.3) is 10.8 Å². The molecule has 0 aliphatic carbocycles. The molecule has 1 N–H and O–H groups in total. The van der Waals surface area contributed by atoms with Gasteiger partial charge in [0.15, 0.2) is 0 Å². The molecule has 0 saturated carbocycles. The lowest BCUT2D eigenvalue weighted by molar-refractivity contribution is -0.122. The first-order valence-electron chi connectivity index (χ1n) is 10.3. The van der Waals surface area contributed by atoms with Crippen LogP contribution in [0.5, 0.6) is 0 Å². The monoisotopic (exact) mass is 386 g/mol. The predicted molar refractivity (Wildman–Crippen MR) is 118 cm³/mol. The summed E-state index contributed by atoms with van der Waals surface area (Å²) in [6, 6.07) is 20.1. The summed E-state index contributed by atoms with van der Waals surface area (Å²) in [6.45, 7) is 4.63. The van der Waals surface area contributed by atoms with Crippen molar-refractivity contribution in [3.8, 4) is 0 Å². The van der Waals surface area contributed by atoms with Gasteiger partial charge in [-0.1, -0.05) is 68.4 Å². The van der Waals surface area contributed by atoms with E-state index in [1.54, 1.807) is 0 Å². The van der Waals surface area contributed by atoms with E-state index in [0.717, 1.165) is 46.1 Å². The normalized spacial score (nSPS) is 16.4. The largest absolute Gasteiger partial charge is 0.325 e. The number of carbonyl (C=O) groups is 2. The van der Waals surface area contributed by atoms with E-state index >= 15 is 0 Å². The summed E-state index contributed by atoms with van der Waals surface area (Å²) in [6.07, 6.45) is 1.97. The van der Waals surface area contributed by atoms with Gasteiger partial charge in [0.25, 0.3) is 0 Å². The molecule has 1 aliphatic rings. The highest BCUT2D eigenvalue weighted by atomic mass is 16.2. The average molecular weight is 386 g/mol. The van der Waals surface area contributed by atoms with Crippen LogP contribution in [0.3, 0.4) is 0 Å². The molecular weight excluding hydrogens is 360 g/mol. The number of hydrogen-bond acceptors (Lipinski definition) is 2. The molecule has 1 atom stereocenters. The Kier molecular flexibility index (Phi) is 5.34. The lowest BCUT2D eigenvalue weighted by Gasteiger charge is -2.23. The van der Waals surface area contributed by atoms with Gasteiger partial charge in [0.2, 0.25) is 11.8 Å². The smallest absolute Gasteiger partial charge is 0.229 e. The van der Waals surface area contributed by atoms with Crippen LogP contribution in [0, 0.1) is 5.92 Å². The molecule has 0 unspecified atom stereocenters. The number of amides is 2. The van der Waals surface area contributed by atoms with E-state index in [2.05, 4.69) is 31.3 Å². The van der Waals surface area contributed by atoms with Crippen molar-refractivity contribution in [2.24, 2.45) is 5.92 Å². The molecule has 148 valence electrons. The fourth-order valence-corrected chi connectivity index (χ4v) is 4.23. The van der Waals surface area contributed by atoms with Crippen molar-refractivity contribution in [3.05, 3.63) is 71.8 Å². The Bertz CT molecular complexity index is 1050. The molecule has 1 aliphatic heterocycles. The van der Waals surface area contributed by atoms with Gasteiger partial charge in [-0.15, -0.1) is 0 Å². The lowest BCUT2D eigenvalue weighted by Crippen LogP contribution is -2.29. The third-order valence-corrected chi connectivity index (χ3v) is 5.78. The van der Waals surface area contributed by atoms with Gasteiger partial charge < -0.3 is 10.2 Å². The molecule has 0 radical (unpaired) electrons. The first kappa shape index (κ1) is 19.2. The van der Waals surface area contributed by atoms with E-state index < -0.39 is 0 Å². The van der Waals surface area contributed by atoms with Crippen LogP contribution < -0.4 is 10.2 Å². The van der Waals surface area contributed by atoms with Crippen LogP contribution >= 0.6 is 0 Å². The van der Waals surface area contributed by atoms with Crippen molar-refractivity contribution in [3.63, 3.8) is 0 Å². The fraction of sp³-hybridized carbons (Fsp3) is 0.280. The molecule has 3 aromatic rings. The summed E-state index contributed by atoms with van der Waals surface area (Å²) in [5.41, 5.74) is 4.12. The molecule has 2 amide bonds. The quantitative estimate of drug-likeness (QED) is 0.674. The minimum atomic E-state index is -0.351. The molecule has 0 spiro atoms. The Morgan fingerprint density at radius 2 is 1.62 bits per heavy atom. The van der Waals surface area contributed by atoms with E-state index in [1.807, 2.05) is 53.4 Å². The second kappa shape index (κ2) is 8.08. The van der Waals surface area contributed by atoms with Gasteiger partial charge in [0, 0.05) is 29.7 Å². The number of carbonyl (C=O) groups excluding carboxylic acids is 2. The average Bonchev–Trinajstić information content (AvgIpc) is 3.14. The minimum Gasteiger partial charge on any atom is -0.325 e. The number of anilines is 2. The highest BCUT2D eigenvalue weighted by Crippen LogP contribution is 2.33. The maximum atomic E-state index is 13.0. The van der Waals surface area contributed by atoms with E-state index in [9.17, 15) is 9.59 Å². The van der Waals surface area contributed by atoms with E-state index in [0.29, 0.717) is 6.54 Å². The molecule has 4 nitrogen and oxygen atoms in total. The van der Waals surface area contributed by atoms with Crippen LogP contribution in [-0.2, 0) is 22.4 Å². The first-order chi connectivity index (χ1) is 14.1. The van der Waals surface area contributed by atoms with Gasteiger partial charge >= 0.3 is 0 Å². The SMILES string of the molecule is CCc1cccc(CC)c1N1C[C@@H](C(=O)Nc2cccc3ccccc23)CC1=O. The molecule has 3 aromatic carbocycles. The van der Waals surface area contributed by atoms with E-state index in [4.69, 9.17) is 0 Å². The van der Waals surface area contributed by atoms with Crippen LogP contribution in [0.4, 0.5) is 11.4 Å². The van der Waals surface area contributed by atoms with Gasteiger partial charge in [-0.3, -0.25) is 9.59 Å². The second-order valence-corrected chi connectivity index (χ2v) is 7.55. The second-order valence-electron chi connectivity index (χ2n) is 7.55. The number of aryl methyl sites for hydroxylation is 2. The van der Waals surface area contributed by atoms with Crippen molar-refractivity contribution in [2.75, 3.05) is 16.8 Å². The van der Waals surface area contributed by atoms with Gasteiger partial charge in [-0.2, -0.15) is 0 Å². The van der Waals surface area contributed by atoms with Gasteiger partial charge in [0.1, 0.15) is 0 Å². The van der Waals surface area contributed by atoms with Crippen molar-refractivity contribution in [2.45, 2.75) is 33.1 Å². The number of para-hydroxylation sites is 1. The summed E-state index contributed by atoms with van der Waals surface area (Å²) >= 11 is 0. The molecule has 4 rings (SSSR count). The van der Waals surface area contributed by atoms with E-state index in [1.165, 1.54) is 0 Å². The molecule has 1 saturated heterocycles. The van der Waals surface area contributed by atoms with Crippen LogP contribution in [0.2, 0.25) is 0 Å². The Morgan fingerprint density at radius 1 is 0.966 bits per heavy atom. The topological polar surface area (TPSA) is 49.4 Å². The predicted octanol–water partition coefficient (Wildman–Crippen LogP) is 4.96. The molecule has 1 heterocycles. The highest BCUT2D eigenvalue weighted by molar-refractivity contribution is 6.07. The van der Waals surface area contributed by atoms with Crippen molar-refractivity contribution < 1.29 is 9.59 Å². The zero-order valence-corrected chi connectivity index (χ0v) is 16.9. The molecule has 0 bridgehead atoms. The Hall–Kier alpha value is -3.14. The third kappa shape index (κ3) is 3.63. The van der Waals surface area contributed by atoms with Crippen molar-refractivity contribution in [1.82, 2.24) is 0 Å². The number of fused-ring (bicyclic) bond motifs is 1. The maximum Gasteiger partial charge on any atom is 0.229 e. The summed E-state index contributed by atoms with van der Waals surface area (Å²) in [5, 5.41) is 5.15. The summed E-state index contributed by atoms with van der Waals surface area (Å²) in [4.78, 5) is 27.7. The summed E-state index contributed by atoms with van der Waals surface area (Å²) < 4.78 is 0.